The molecule has 0 aliphatic carbocycles. The molecule has 1 heterocycles. The molecule has 0 spiro atoms. The molecule has 1 aliphatic rings. The third-order valence-corrected chi connectivity index (χ3v) is 5.98. The van der Waals surface area contributed by atoms with Crippen LogP contribution in [0.25, 0.3) is 0 Å². The number of hydrogen-bond acceptors (Lipinski definition) is 3. The summed E-state index contributed by atoms with van der Waals surface area (Å²) in [6.07, 6.45) is -4.09. The van der Waals surface area contributed by atoms with Crippen molar-refractivity contribution in [1.29, 1.82) is 0 Å². The summed E-state index contributed by atoms with van der Waals surface area (Å²) in [4.78, 5) is 29.5. The average Bonchev–Trinajstić information content (AvgIpc) is 2.81. The van der Waals surface area contributed by atoms with Gasteiger partial charge in [0.15, 0.2) is 0 Å². The van der Waals surface area contributed by atoms with E-state index in [9.17, 15) is 22.8 Å². The molecule has 3 amide bonds. The highest BCUT2D eigenvalue weighted by Gasteiger charge is 2.31. The fourth-order valence-electron chi connectivity index (χ4n) is 3.99. The monoisotopic (exact) mass is 517 g/mol. The number of rotatable bonds is 6. The number of carbonyl (C=O) groups excluding carboxylic acids is 2. The summed E-state index contributed by atoms with van der Waals surface area (Å²) in [6.45, 7) is 3.04. The Kier molecular flexibility index (Phi) is 7.40. The normalized spacial score (nSPS) is 14.1. The molecule has 36 heavy (non-hydrogen) atoms. The van der Waals surface area contributed by atoms with Gasteiger partial charge in [0.1, 0.15) is 5.75 Å². The van der Waals surface area contributed by atoms with Gasteiger partial charge in [-0.3, -0.25) is 9.69 Å². The number of aryl methyl sites for hydroxylation is 1. The predicted octanol–water partition coefficient (Wildman–Crippen LogP) is 6.63. The molecule has 0 bridgehead atoms. The molecule has 0 atom stereocenters. The van der Waals surface area contributed by atoms with Crippen molar-refractivity contribution in [3.63, 3.8) is 0 Å². The van der Waals surface area contributed by atoms with Crippen LogP contribution in [0, 0.1) is 6.92 Å². The minimum atomic E-state index is -4.77. The van der Waals surface area contributed by atoms with Crippen molar-refractivity contribution in [3.8, 4) is 5.75 Å². The molecular weight excluding hydrogens is 495 g/mol. The van der Waals surface area contributed by atoms with E-state index in [0.29, 0.717) is 47.0 Å². The smallest absolute Gasteiger partial charge is 0.406 e. The highest BCUT2D eigenvalue weighted by Crippen LogP contribution is 2.31. The Morgan fingerprint density at radius 1 is 1.06 bits per heavy atom. The van der Waals surface area contributed by atoms with Gasteiger partial charge in [0.2, 0.25) is 0 Å². The van der Waals surface area contributed by atoms with E-state index in [1.807, 2.05) is 13.0 Å². The van der Waals surface area contributed by atoms with Crippen LogP contribution in [0.2, 0.25) is 5.02 Å². The molecular formula is C26H23ClF3N3O3. The maximum Gasteiger partial charge on any atom is 0.573 e. The largest absolute Gasteiger partial charge is 0.573 e. The van der Waals surface area contributed by atoms with Crippen molar-refractivity contribution in [2.75, 3.05) is 23.3 Å². The number of ether oxygens (including phenoxy) is 1. The first-order valence-corrected chi connectivity index (χ1v) is 11.6. The zero-order valence-corrected chi connectivity index (χ0v) is 20.1. The van der Waals surface area contributed by atoms with Crippen molar-refractivity contribution in [1.82, 2.24) is 4.90 Å². The number of urea groups is 1. The van der Waals surface area contributed by atoms with Crippen LogP contribution in [0.4, 0.5) is 29.3 Å². The number of benzene rings is 3. The molecule has 10 heteroatoms. The molecule has 6 nitrogen and oxygen atoms in total. The molecule has 1 N–H and O–H groups in total. The van der Waals surface area contributed by atoms with Crippen molar-refractivity contribution in [3.05, 3.63) is 88.4 Å². The van der Waals surface area contributed by atoms with Gasteiger partial charge < -0.3 is 15.0 Å². The number of amides is 3. The van der Waals surface area contributed by atoms with Crippen LogP contribution >= 0.6 is 11.6 Å². The second kappa shape index (κ2) is 10.5. The maximum atomic E-state index is 13.4. The van der Waals surface area contributed by atoms with E-state index in [0.717, 1.165) is 5.56 Å². The topological polar surface area (TPSA) is 61.9 Å². The maximum absolute atomic E-state index is 13.4. The summed E-state index contributed by atoms with van der Waals surface area (Å²) in [6, 6.07) is 17.3. The molecule has 1 saturated heterocycles. The fourth-order valence-corrected chi connectivity index (χ4v) is 4.21. The molecule has 0 aromatic heterocycles. The van der Waals surface area contributed by atoms with Crippen molar-refractivity contribution < 1.29 is 27.5 Å². The first-order valence-electron chi connectivity index (χ1n) is 11.2. The highest BCUT2D eigenvalue weighted by atomic mass is 35.5. The molecule has 188 valence electrons. The van der Waals surface area contributed by atoms with E-state index in [4.69, 9.17) is 11.6 Å². The number of halogens is 4. The van der Waals surface area contributed by atoms with Crippen molar-refractivity contribution >= 4 is 34.9 Å². The second-order valence-corrected chi connectivity index (χ2v) is 8.76. The summed E-state index contributed by atoms with van der Waals surface area (Å²) in [7, 11) is 0. The Labute approximate surface area is 211 Å². The predicted molar refractivity (Wildman–Crippen MR) is 131 cm³/mol. The number of carbonyl (C=O) groups is 2. The summed E-state index contributed by atoms with van der Waals surface area (Å²) >= 11 is 6.17. The van der Waals surface area contributed by atoms with Crippen molar-refractivity contribution in [2.24, 2.45) is 0 Å². The Hall–Kier alpha value is -3.72. The van der Waals surface area contributed by atoms with E-state index in [2.05, 4.69) is 10.1 Å². The van der Waals surface area contributed by atoms with Crippen LogP contribution in [0.5, 0.6) is 5.75 Å². The highest BCUT2D eigenvalue weighted by molar-refractivity contribution is 6.34. The lowest BCUT2D eigenvalue weighted by Gasteiger charge is -2.36. The fraction of sp³-hybridized carbons (Fsp3) is 0.231. The minimum absolute atomic E-state index is 0.217. The quantitative estimate of drug-likeness (QED) is 0.399. The van der Waals surface area contributed by atoms with E-state index >= 15 is 0 Å². The van der Waals surface area contributed by atoms with Gasteiger partial charge in [-0.25, -0.2) is 4.79 Å². The molecule has 3 aromatic carbocycles. The van der Waals surface area contributed by atoms with Gasteiger partial charge in [-0.1, -0.05) is 41.9 Å². The Bertz CT molecular complexity index is 1270. The zero-order valence-electron chi connectivity index (χ0n) is 19.3. The van der Waals surface area contributed by atoms with Crippen LogP contribution in [0.15, 0.2) is 66.7 Å². The molecule has 1 fully saturated rings. The molecule has 3 aromatic rings. The summed E-state index contributed by atoms with van der Waals surface area (Å²) < 4.78 is 41.1. The summed E-state index contributed by atoms with van der Waals surface area (Å²) in [5, 5.41) is 3.19. The Morgan fingerprint density at radius 3 is 2.47 bits per heavy atom. The van der Waals surface area contributed by atoms with Crippen LogP contribution in [-0.4, -0.2) is 36.3 Å². The lowest BCUT2D eigenvalue weighted by molar-refractivity contribution is -0.274. The third kappa shape index (κ3) is 6.09. The van der Waals surface area contributed by atoms with Gasteiger partial charge in [-0.05, 0) is 60.9 Å². The molecule has 0 radical (unpaired) electrons. The number of hydrogen-bond donors (Lipinski definition) is 1. The van der Waals surface area contributed by atoms with E-state index in [1.54, 1.807) is 46.2 Å². The molecule has 1 aliphatic heterocycles. The standard InChI is InChI=1S/C26H23ClF3N3O3/c1-17-7-12-23(22(15-17)31-24(34)20-5-2-3-6-21(20)27)33-14-4-13-32(25(33)35)16-18-8-10-19(11-9-18)36-26(28,29)30/h2-3,5-12,15H,4,13-14,16H2,1H3,(H,31,34). The van der Waals surface area contributed by atoms with Gasteiger partial charge in [0.05, 0.1) is 22.0 Å². The van der Waals surface area contributed by atoms with Crippen LogP contribution < -0.4 is 15.0 Å². The number of nitrogens with one attached hydrogen (secondary N) is 1. The Morgan fingerprint density at radius 2 is 1.78 bits per heavy atom. The minimum Gasteiger partial charge on any atom is -0.406 e. The average molecular weight is 518 g/mol. The van der Waals surface area contributed by atoms with E-state index in [1.165, 1.54) is 24.3 Å². The molecule has 0 unspecified atom stereocenters. The van der Waals surface area contributed by atoms with Gasteiger partial charge in [-0.15, -0.1) is 13.2 Å². The SMILES string of the molecule is Cc1ccc(N2CCCN(Cc3ccc(OC(F)(F)F)cc3)C2=O)c(NC(=O)c2ccccc2Cl)c1. The summed E-state index contributed by atoms with van der Waals surface area (Å²) in [5.74, 6) is -0.716. The second-order valence-electron chi connectivity index (χ2n) is 8.36. The first kappa shape index (κ1) is 25.4. The zero-order chi connectivity index (χ0) is 25.9. The Balaban J connectivity index is 1.52. The van der Waals surface area contributed by atoms with Crippen LogP contribution in [0.3, 0.4) is 0 Å². The van der Waals surface area contributed by atoms with Crippen LogP contribution in [0.1, 0.15) is 27.9 Å². The van der Waals surface area contributed by atoms with E-state index in [-0.39, 0.29) is 18.3 Å². The third-order valence-electron chi connectivity index (χ3n) is 5.65. The molecule has 0 saturated carbocycles. The van der Waals surface area contributed by atoms with Gasteiger partial charge >= 0.3 is 12.4 Å². The first-order chi connectivity index (χ1) is 17.1. The summed E-state index contributed by atoms with van der Waals surface area (Å²) in [5.41, 5.74) is 2.90. The van der Waals surface area contributed by atoms with Gasteiger partial charge in [-0.2, -0.15) is 0 Å². The van der Waals surface area contributed by atoms with Crippen molar-refractivity contribution in [2.45, 2.75) is 26.3 Å². The van der Waals surface area contributed by atoms with Gasteiger partial charge in [0, 0.05) is 19.6 Å². The number of nitrogens with zero attached hydrogens (tertiary/aromatic N) is 2. The lowest BCUT2D eigenvalue weighted by Crippen LogP contribution is -2.49. The number of anilines is 2. The van der Waals surface area contributed by atoms with Crippen LogP contribution in [-0.2, 0) is 6.54 Å². The number of alkyl halides is 3. The van der Waals surface area contributed by atoms with E-state index < -0.39 is 12.3 Å². The molecule has 4 rings (SSSR count). The lowest BCUT2D eigenvalue weighted by atomic mass is 10.1. The van der Waals surface area contributed by atoms with Gasteiger partial charge in [0.25, 0.3) is 5.91 Å².